The molecule has 0 bridgehead atoms. The van der Waals surface area contributed by atoms with Crippen LogP contribution in [0.15, 0.2) is 43.0 Å². The van der Waals surface area contributed by atoms with Crippen molar-refractivity contribution in [3.8, 4) is 0 Å². The summed E-state index contributed by atoms with van der Waals surface area (Å²) in [4.78, 5) is 16.3. The van der Waals surface area contributed by atoms with Gasteiger partial charge in [-0.15, -0.1) is 4.65 Å². The van der Waals surface area contributed by atoms with E-state index in [1.807, 2.05) is 32.3 Å². The van der Waals surface area contributed by atoms with Crippen molar-refractivity contribution in [1.82, 2.24) is 0 Å². The average molecular weight is 270 g/mol. The second-order valence-electron chi connectivity index (χ2n) is 4.50. The molecule has 1 rings (SSSR count). The van der Waals surface area contributed by atoms with Crippen LogP contribution in [0.25, 0.3) is 0 Å². The van der Waals surface area contributed by atoms with Gasteiger partial charge in [-0.3, -0.25) is 4.84 Å². The highest BCUT2D eigenvalue weighted by Crippen LogP contribution is 2.07. The molecule has 0 aliphatic heterocycles. The molecule has 0 N–H and O–H groups in total. The Kier molecular flexibility index (Phi) is 7.32. The molecule has 0 aromatic heterocycles. The van der Waals surface area contributed by atoms with Crippen molar-refractivity contribution in [1.29, 1.82) is 0 Å². The van der Waals surface area contributed by atoms with Crippen molar-refractivity contribution in [2.45, 2.75) is 12.8 Å². The molecule has 4 heteroatoms. The quantitative estimate of drug-likeness (QED) is 0.390. The van der Waals surface area contributed by atoms with E-state index in [4.69, 9.17) is 4.84 Å². The van der Waals surface area contributed by atoms with Gasteiger partial charge in [0.25, 0.3) is 0 Å². The lowest BCUT2D eigenvalue weighted by Gasteiger charge is -2.25. The Morgan fingerprint density at radius 1 is 1.33 bits per heavy atom. The lowest BCUT2D eigenvalue weighted by molar-refractivity contribution is -1.06. The van der Waals surface area contributed by atoms with E-state index in [0.29, 0.717) is 0 Å². The maximum atomic E-state index is 11.1. The number of benzene rings is 1. The van der Waals surface area contributed by atoms with Crippen molar-refractivity contribution in [2.24, 2.45) is 0 Å². The molecular formula is C14H20ClNO2. The average Bonchev–Trinajstić information content (AvgIpc) is 2.29. The van der Waals surface area contributed by atoms with Crippen molar-refractivity contribution in [3.63, 3.8) is 0 Å². The summed E-state index contributed by atoms with van der Waals surface area (Å²) in [6, 6.07) is 10.3. The smallest absolute Gasteiger partial charge is 0.389 e. The summed E-state index contributed by atoms with van der Waals surface area (Å²) in [5, 5.41) is 0. The zero-order valence-electron chi connectivity index (χ0n) is 10.9. The molecule has 3 nitrogen and oxygen atoms in total. The fourth-order valence-electron chi connectivity index (χ4n) is 1.64. The number of hydrogen-bond acceptors (Lipinski definition) is 2. The lowest BCUT2D eigenvalue weighted by Crippen LogP contribution is -3.00. The van der Waals surface area contributed by atoms with Gasteiger partial charge >= 0.3 is 5.97 Å². The van der Waals surface area contributed by atoms with Gasteiger partial charge in [-0.25, -0.2) is 4.79 Å². The van der Waals surface area contributed by atoms with Gasteiger partial charge in [0, 0.05) is 12.5 Å². The number of halogens is 1. The van der Waals surface area contributed by atoms with E-state index in [9.17, 15) is 4.79 Å². The third kappa shape index (κ3) is 6.42. The minimum Gasteiger partial charge on any atom is -1.00 e. The largest absolute Gasteiger partial charge is 1.00 e. The zero-order valence-corrected chi connectivity index (χ0v) is 11.7. The highest BCUT2D eigenvalue weighted by atomic mass is 35.5. The summed E-state index contributed by atoms with van der Waals surface area (Å²) in [7, 11) is 3.73. The van der Waals surface area contributed by atoms with Crippen molar-refractivity contribution in [3.05, 3.63) is 48.6 Å². The fraction of sp³-hybridized carbons (Fsp3) is 0.357. The van der Waals surface area contributed by atoms with Gasteiger partial charge in [-0.2, -0.15) is 0 Å². The van der Waals surface area contributed by atoms with Crippen molar-refractivity contribution < 1.29 is 26.7 Å². The van der Waals surface area contributed by atoms with Crippen LogP contribution in [0.5, 0.6) is 0 Å². The monoisotopic (exact) mass is 269 g/mol. The van der Waals surface area contributed by atoms with Crippen LogP contribution >= 0.6 is 0 Å². The van der Waals surface area contributed by atoms with E-state index in [2.05, 4.69) is 18.7 Å². The van der Waals surface area contributed by atoms with Crippen LogP contribution in [0, 0.1) is 0 Å². The Morgan fingerprint density at radius 3 is 2.50 bits per heavy atom. The first-order valence-electron chi connectivity index (χ1n) is 5.76. The van der Waals surface area contributed by atoms with Crippen LogP contribution in [-0.4, -0.2) is 31.3 Å². The molecule has 0 atom stereocenters. The van der Waals surface area contributed by atoms with E-state index in [0.717, 1.165) is 19.4 Å². The second kappa shape index (κ2) is 7.90. The third-order valence-corrected chi connectivity index (χ3v) is 2.51. The second-order valence-corrected chi connectivity index (χ2v) is 4.50. The third-order valence-electron chi connectivity index (χ3n) is 2.51. The van der Waals surface area contributed by atoms with Gasteiger partial charge in [0.05, 0.1) is 0 Å². The summed E-state index contributed by atoms with van der Waals surface area (Å²) in [5.74, 6) is -0.380. The molecule has 1 aromatic carbocycles. The number of hydroxylamine groups is 3. The molecule has 0 radical (unpaired) electrons. The molecule has 18 heavy (non-hydrogen) atoms. The Morgan fingerprint density at radius 2 is 1.94 bits per heavy atom. The zero-order chi connectivity index (χ0) is 12.7. The van der Waals surface area contributed by atoms with Gasteiger partial charge in [0.15, 0.2) is 0 Å². The standard InChI is InChI=1S/C14H20NO2.ClH/c1-4-14(16)17-15(2,3)12-8-11-13-9-6-5-7-10-13;/h4-7,9-10H,1,8,11-12H2,2-3H3;1H/q+1;/p-1. The molecule has 0 spiro atoms. The van der Waals surface area contributed by atoms with Crippen LogP contribution in [0.1, 0.15) is 12.0 Å². The van der Waals surface area contributed by atoms with Gasteiger partial charge in [-0.1, -0.05) is 36.9 Å². The van der Waals surface area contributed by atoms with E-state index >= 15 is 0 Å². The molecule has 0 saturated heterocycles. The predicted octanol–water partition coefficient (Wildman–Crippen LogP) is -0.656. The van der Waals surface area contributed by atoms with E-state index in [1.165, 1.54) is 11.6 Å². The first-order chi connectivity index (χ1) is 8.03. The summed E-state index contributed by atoms with van der Waals surface area (Å²) in [5.41, 5.74) is 1.31. The molecule has 0 aliphatic rings. The fourth-order valence-corrected chi connectivity index (χ4v) is 1.64. The minimum atomic E-state index is -0.380. The van der Waals surface area contributed by atoms with Crippen LogP contribution in [0.4, 0.5) is 0 Å². The highest BCUT2D eigenvalue weighted by molar-refractivity contribution is 5.80. The Bertz CT molecular complexity index is 377. The van der Waals surface area contributed by atoms with E-state index in [1.54, 1.807) is 0 Å². The van der Waals surface area contributed by atoms with Crippen LogP contribution in [0.3, 0.4) is 0 Å². The molecular weight excluding hydrogens is 250 g/mol. The maximum absolute atomic E-state index is 11.1. The molecule has 0 unspecified atom stereocenters. The Balaban J connectivity index is 0.00000289. The molecule has 0 saturated carbocycles. The first kappa shape index (κ1) is 16.7. The number of aryl methyl sites for hydroxylation is 1. The minimum absolute atomic E-state index is 0. The molecule has 0 fully saturated rings. The molecule has 0 aliphatic carbocycles. The number of hydrogen-bond donors (Lipinski definition) is 0. The Hall–Kier alpha value is -1.32. The predicted molar refractivity (Wildman–Crippen MR) is 68.0 cm³/mol. The molecule has 100 valence electrons. The first-order valence-corrected chi connectivity index (χ1v) is 5.76. The molecule has 1 aromatic rings. The number of carbonyl (C=O) groups is 1. The highest BCUT2D eigenvalue weighted by Gasteiger charge is 2.19. The van der Waals surface area contributed by atoms with Crippen LogP contribution < -0.4 is 12.4 Å². The summed E-state index contributed by atoms with van der Waals surface area (Å²) in [6.07, 6.45) is 3.16. The van der Waals surface area contributed by atoms with Gasteiger partial charge < -0.3 is 12.4 Å². The number of carbonyl (C=O) groups excluding carboxylic acids is 1. The molecule has 0 amide bonds. The SMILES string of the molecule is C=CC(=O)O[N+](C)(C)CCCc1ccccc1.[Cl-]. The topological polar surface area (TPSA) is 26.3 Å². The number of quaternary nitrogens is 1. The summed E-state index contributed by atoms with van der Waals surface area (Å²) in [6.45, 7) is 4.17. The summed E-state index contributed by atoms with van der Waals surface area (Å²) >= 11 is 0. The normalized spacial score (nSPS) is 10.3. The van der Waals surface area contributed by atoms with Gasteiger partial charge in [0.2, 0.25) is 0 Å². The van der Waals surface area contributed by atoms with E-state index < -0.39 is 0 Å². The van der Waals surface area contributed by atoms with E-state index in [-0.39, 0.29) is 23.0 Å². The lowest BCUT2D eigenvalue weighted by atomic mass is 10.1. The van der Waals surface area contributed by atoms with Gasteiger partial charge in [0.1, 0.15) is 20.6 Å². The van der Waals surface area contributed by atoms with Gasteiger partial charge in [-0.05, 0) is 12.0 Å². The van der Waals surface area contributed by atoms with Crippen LogP contribution in [-0.2, 0) is 16.1 Å². The molecule has 0 heterocycles. The van der Waals surface area contributed by atoms with Crippen molar-refractivity contribution >= 4 is 5.97 Å². The summed E-state index contributed by atoms with van der Waals surface area (Å²) < 4.78 is 0.234. The van der Waals surface area contributed by atoms with Crippen molar-refractivity contribution in [2.75, 3.05) is 20.6 Å². The van der Waals surface area contributed by atoms with Crippen LogP contribution in [0.2, 0.25) is 0 Å². The number of rotatable bonds is 6. The maximum Gasteiger partial charge on any atom is 0.389 e. The Labute approximate surface area is 115 Å². The number of nitrogens with zero attached hydrogens (tertiary/aromatic N) is 1.